The largest absolute Gasteiger partial charge is 0.398 e. The van der Waals surface area contributed by atoms with Crippen molar-refractivity contribution in [2.24, 2.45) is 5.10 Å². The van der Waals surface area contributed by atoms with Crippen LogP contribution in [0, 0.1) is 10.1 Å². The maximum atomic E-state index is 12.1. The van der Waals surface area contributed by atoms with Gasteiger partial charge in [0.2, 0.25) is 0 Å². The van der Waals surface area contributed by atoms with Crippen molar-refractivity contribution >= 4 is 29.2 Å². The van der Waals surface area contributed by atoms with Crippen LogP contribution in [0.5, 0.6) is 0 Å². The van der Waals surface area contributed by atoms with Crippen molar-refractivity contribution < 1.29 is 14.5 Å². The number of hydrogen-bond donors (Lipinski definition) is 2. The number of benzene rings is 2. The number of nitrogens with two attached hydrogens (primary N) is 1. The van der Waals surface area contributed by atoms with E-state index in [-0.39, 0.29) is 5.69 Å². The van der Waals surface area contributed by atoms with Gasteiger partial charge in [0.15, 0.2) is 0 Å². The third-order valence-electron chi connectivity index (χ3n) is 4.13. The van der Waals surface area contributed by atoms with Gasteiger partial charge in [-0.2, -0.15) is 5.10 Å². The standard InChI is InChI=1S/C18H19N5O4/c19-15-4-2-1-3-14(15)18(24)21-20-12-13-5-6-16(17(11-13)23(25)26)22-7-9-27-10-8-22/h1-6,11-12H,7-10,19H2,(H,21,24)/b20-12+. The summed E-state index contributed by atoms with van der Waals surface area (Å²) in [6.07, 6.45) is 1.35. The number of ether oxygens (including phenoxy) is 1. The quantitative estimate of drug-likeness (QED) is 0.358. The highest BCUT2D eigenvalue weighted by Gasteiger charge is 2.21. The number of morpholine rings is 1. The molecule has 0 atom stereocenters. The van der Waals surface area contributed by atoms with Crippen LogP contribution in [0.3, 0.4) is 0 Å². The van der Waals surface area contributed by atoms with Crippen LogP contribution < -0.4 is 16.1 Å². The Hall–Kier alpha value is -3.46. The van der Waals surface area contributed by atoms with E-state index in [9.17, 15) is 14.9 Å². The van der Waals surface area contributed by atoms with Crippen molar-refractivity contribution in [3.63, 3.8) is 0 Å². The molecule has 0 aliphatic carbocycles. The summed E-state index contributed by atoms with van der Waals surface area (Å²) >= 11 is 0. The van der Waals surface area contributed by atoms with Crippen LogP contribution >= 0.6 is 0 Å². The van der Waals surface area contributed by atoms with Gasteiger partial charge in [0.05, 0.1) is 29.9 Å². The Morgan fingerprint density at radius 1 is 1.26 bits per heavy atom. The van der Waals surface area contributed by atoms with Crippen LogP contribution in [0.2, 0.25) is 0 Å². The Morgan fingerprint density at radius 3 is 2.70 bits per heavy atom. The fraction of sp³-hybridized carbons (Fsp3) is 0.222. The number of nitrogen functional groups attached to an aromatic ring is 1. The monoisotopic (exact) mass is 369 g/mol. The third kappa shape index (κ3) is 4.39. The fourth-order valence-corrected chi connectivity index (χ4v) is 2.77. The molecule has 0 radical (unpaired) electrons. The van der Waals surface area contributed by atoms with E-state index in [1.54, 1.807) is 36.4 Å². The number of nitro groups is 1. The number of para-hydroxylation sites is 1. The Bertz CT molecular complexity index is 878. The summed E-state index contributed by atoms with van der Waals surface area (Å²) in [7, 11) is 0. The predicted molar refractivity (Wildman–Crippen MR) is 102 cm³/mol. The summed E-state index contributed by atoms with van der Waals surface area (Å²) in [6.45, 7) is 2.27. The smallest absolute Gasteiger partial charge is 0.293 e. The first kappa shape index (κ1) is 18.3. The highest BCUT2D eigenvalue weighted by atomic mass is 16.6. The Morgan fingerprint density at radius 2 is 2.00 bits per heavy atom. The Kier molecular flexibility index (Phi) is 5.62. The molecule has 140 valence electrons. The van der Waals surface area contributed by atoms with E-state index >= 15 is 0 Å². The molecule has 0 bridgehead atoms. The molecule has 1 aliphatic rings. The number of hydrazone groups is 1. The lowest BCUT2D eigenvalue weighted by atomic mass is 10.1. The first-order valence-electron chi connectivity index (χ1n) is 8.35. The number of nitrogens with one attached hydrogen (secondary N) is 1. The van der Waals surface area contributed by atoms with E-state index in [0.29, 0.717) is 48.8 Å². The second-order valence-electron chi connectivity index (χ2n) is 5.89. The van der Waals surface area contributed by atoms with E-state index in [1.165, 1.54) is 12.3 Å². The van der Waals surface area contributed by atoms with Crippen molar-refractivity contribution in [1.82, 2.24) is 5.43 Å². The molecular weight excluding hydrogens is 350 g/mol. The summed E-state index contributed by atoms with van der Waals surface area (Å²) in [6, 6.07) is 11.4. The number of carbonyl (C=O) groups is 1. The molecule has 0 spiro atoms. The van der Waals surface area contributed by atoms with Crippen molar-refractivity contribution in [1.29, 1.82) is 0 Å². The molecule has 1 heterocycles. The van der Waals surface area contributed by atoms with Gasteiger partial charge in [-0.3, -0.25) is 14.9 Å². The van der Waals surface area contributed by atoms with Gasteiger partial charge in [-0.25, -0.2) is 5.43 Å². The molecule has 9 heteroatoms. The highest BCUT2D eigenvalue weighted by Crippen LogP contribution is 2.29. The van der Waals surface area contributed by atoms with Gasteiger partial charge in [-0.1, -0.05) is 18.2 Å². The number of nitro benzene ring substituents is 1. The first-order chi connectivity index (χ1) is 13.1. The molecule has 1 saturated heterocycles. The summed E-state index contributed by atoms with van der Waals surface area (Å²) in [5, 5.41) is 15.3. The van der Waals surface area contributed by atoms with E-state index < -0.39 is 10.8 Å². The summed E-state index contributed by atoms with van der Waals surface area (Å²) < 4.78 is 5.28. The SMILES string of the molecule is Nc1ccccc1C(=O)N/N=C/c1ccc(N2CCOCC2)c([N+](=O)[O-])c1. The van der Waals surface area contributed by atoms with Crippen molar-refractivity contribution in [2.75, 3.05) is 36.9 Å². The minimum atomic E-state index is -0.455. The second-order valence-corrected chi connectivity index (χ2v) is 5.89. The molecule has 0 saturated carbocycles. The number of hydrogen-bond acceptors (Lipinski definition) is 7. The van der Waals surface area contributed by atoms with Crippen LogP contribution in [-0.4, -0.2) is 43.3 Å². The second kappa shape index (κ2) is 8.28. The van der Waals surface area contributed by atoms with Gasteiger partial charge < -0.3 is 15.4 Å². The lowest BCUT2D eigenvalue weighted by Gasteiger charge is -2.28. The van der Waals surface area contributed by atoms with Gasteiger partial charge in [-0.15, -0.1) is 0 Å². The van der Waals surface area contributed by atoms with Crippen molar-refractivity contribution in [3.8, 4) is 0 Å². The molecular formula is C18H19N5O4. The van der Waals surface area contributed by atoms with Gasteiger partial charge in [-0.05, 0) is 18.2 Å². The zero-order valence-corrected chi connectivity index (χ0v) is 14.5. The van der Waals surface area contributed by atoms with Crippen LogP contribution in [0.25, 0.3) is 0 Å². The number of amides is 1. The van der Waals surface area contributed by atoms with Gasteiger partial charge in [0.25, 0.3) is 11.6 Å². The van der Waals surface area contributed by atoms with Crippen molar-refractivity contribution in [3.05, 3.63) is 63.7 Å². The molecule has 0 aromatic heterocycles. The predicted octanol–water partition coefficient (Wildman–Crippen LogP) is 1.78. The number of nitrogens with zero attached hydrogens (tertiary/aromatic N) is 3. The lowest BCUT2D eigenvalue weighted by Crippen LogP contribution is -2.36. The Labute approximate surface area is 155 Å². The number of anilines is 2. The van der Waals surface area contributed by atoms with Gasteiger partial charge in [0.1, 0.15) is 5.69 Å². The van der Waals surface area contributed by atoms with Crippen LogP contribution in [0.1, 0.15) is 15.9 Å². The topological polar surface area (TPSA) is 123 Å². The van der Waals surface area contributed by atoms with Crippen LogP contribution in [-0.2, 0) is 4.74 Å². The summed E-state index contributed by atoms with van der Waals surface area (Å²) in [4.78, 5) is 25.0. The van der Waals surface area contributed by atoms with Crippen molar-refractivity contribution in [2.45, 2.75) is 0 Å². The van der Waals surface area contributed by atoms with Crippen LogP contribution in [0.15, 0.2) is 47.6 Å². The molecule has 3 N–H and O–H groups in total. The maximum absolute atomic E-state index is 12.1. The molecule has 3 rings (SSSR count). The average Bonchev–Trinajstić information content (AvgIpc) is 2.68. The minimum Gasteiger partial charge on any atom is -0.398 e. The molecule has 2 aromatic carbocycles. The zero-order valence-electron chi connectivity index (χ0n) is 14.5. The molecule has 1 aliphatic heterocycles. The zero-order chi connectivity index (χ0) is 19.2. The first-order valence-corrected chi connectivity index (χ1v) is 8.35. The van der Waals surface area contributed by atoms with E-state index in [2.05, 4.69) is 10.5 Å². The number of rotatable bonds is 5. The highest BCUT2D eigenvalue weighted by molar-refractivity contribution is 5.99. The molecule has 9 nitrogen and oxygen atoms in total. The van der Waals surface area contributed by atoms with Gasteiger partial charge in [0, 0.05) is 30.4 Å². The molecule has 1 amide bonds. The van der Waals surface area contributed by atoms with E-state index in [0.717, 1.165) is 0 Å². The van der Waals surface area contributed by atoms with Crippen LogP contribution in [0.4, 0.5) is 17.1 Å². The normalized spacial score (nSPS) is 14.3. The molecule has 0 unspecified atom stereocenters. The van der Waals surface area contributed by atoms with E-state index in [4.69, 9.17) is 10.5 Å². The summed E-state index contributed by atoms with van der Waals surface area (Å²) in [5.74, 6) is -0.455. The van der Waals surface area contributed by atoms with E-state index in [1.807, 2.05) is 4.90 Å². The number of carbonyl (C=O) groups excluding carboxylic acids is 1. The average molecular weight is 369 g/mol. The maximum Gasteiger partial charge on any atom is 0.293 e. The third-order valence-corrected chi connectivity index (χ3v) is 4.13. The van der Waals surface area contributed by atoms with Gasteiger partial charge >= 0.3 is 0 Å². The molecule has 1 fully saturated rings. The fourth-order valence-electron chi connectivity index (χ4n) is 2.77. The lowest BCUT2D eigenvalue weighted by molar-refractivity contribution is -0.384. The molecule has 2 aromatic rings. The Balaban J connectivity index is 1.74. The molecule has 27 heavy (non-hydrogen) atoms. The minimum absolute atomic E-state index is 0.0144. The summed E-state index contributed by atoms with van der Waals surface area (Å²) in [5.41, 5.74) is 9.79.